The van der Waals surface area contributed by atoms with Crippen LogP contribution in [-0.2, 0) is 11.2 Å². The largest absolute Gasteiger partial charge is 0.369 e. The lowest BCUT2D eigenvalue weighted by molar-refractivity contribution is -0.117. The highest BCUT2D eigenvalue weighted by molar-refractivity contribution is 6.33. The number of pyridine rings is 2. The molecule has 0 atom stereocenters. The minimum atomic E-state index is -0.402. The first-order valence-corrected chi connectivity index (χ1v) is 5.80. The number of aromatic nitrogens is 2. The van der Waals surface area contributed by atoms with Gasteiger partial charge in [-0.1, -0.05) is 11.6 Å². The Bertz CT molecular complexity index is 599. The van der Waals surface area contributed by atoms with E-state index >= 15 is 0 Å². The summed E-state index contributed by atoms with van der Waals surface area (Å²) in [5.74, 6) is -0.402. The molecule has 0 aliphatic rings. The zero-order chi connectivity index (χ0) is 13.1. The van der Waals surface area contributed by atoms with Gasteiger partial charge in [0.2, 0.25) is 5.91 Å². The molecule has 0 fully saturated rings. The van der Waals surface area contributed by atoms with Crippen molar-refractivity contribution in [2.75, 3.05) is 0 Å². The van der Waals surface area contributed by atoms with Crippen LogP contribution in [0.4, 0.5) is 0 Å². The van der Waals surface area contributed by atoms with Crippen molar-refractivity contribution in [2.24, 2.45) is 5.73 Å². The lowest BCUT2D eigenvalue weighted by atomic mass is 10.1. The summed E-state index contributed by atoms with van der Waals surface area (Å²) in [7, 11) is 0. The average molecular weight is 262 g/mol. The second-order valence-electron chi connectivity index (χ2n) is 4.00. The molecule has 0 aromatic carbocycles. The first kappa shape index (κ1) is 12.5. The van der Waals surface area contributed by atoms with Crippen molar-refractivity contribution in [3.63, 3.8) is 0 Å². The summed E-state index contributed by atoms with van der Waals surface area (Å²) in [4.78, 5) is 19.2. The van der Waals surface area contributed by atoms with E-state index < -0.39 is 5.91 Å². The minimum absolute atomic E-state index is 0.141. The predicted octanol–water partition coefficient (Wildman–Crippen LogP) is 2.13. The average Bonchev–Trinajstić information content (AvgIpc) is 2.28. The van der Waals surface area contributed by atoms with Crippen LogP contribution < -0.4 is 5.73 Å². The van der Waals surface area contributed by atoms with Gasteiger partial charge in [-0.25, -0.2) is 0 Å². The standard InChI is InChI=1S/C13H12ClN3O/c1-8-4-10(2-3-16-8)13-11(14)5-9(7-17-13)6-12(15)18/h2-5,7H,6H2,1H3,(H2,15,18). The summed E-state index contributed by atoms with van der Waals surface area (Å²) in [5, 5.41) is 0.499. The highest BCUT2D eigenvalue weighted by Gasteiger charge is 2.08. The number of halogens is 1. The summed E-state index contributed by atoms with van der Waals surface area (Å²) < 4.78 is 0. The normalized spacial score (nSPS) is 10.3. The molecule has 18 heavy (non-hydrogen) atoms. The number of aryl methyl sites for hydroxylation is 1. The highest BCUT2D eigenvalue weighted by Crippen LogP contribution is 2.26. The van der Waals surface area contributed by atoms with E-state index in [9.17, 15) is 4.79 Å². The van der Waals surface area contributed by atoms with Gasteiger partial charge in [0.25, 0.3) is 0 Å². The maximum absolute atomic E-state index is 10.8. The number of hydrogen-bond acceptors (Lipinski definition) is 3. The molecule has 2 aromatic heterocycles. The van der Waals surface area contributed by atoms with Crippen LogP contribution in [0.2, 0.25) is 5.02 Å². The first-order chi connectivity index (χ1) is 8.56. The van der Waals surface area contributed by atoms with Gasteiger partial charge in [-0.15, -0.1) is 0 Å². The molecule has 2 rings (SSSR count). The Labute approximate surface area is 110 Å². The van der Waals surface area contributed by atoms with Crippen molar-refractivity contribution in [2.45, 2.75) is 13.3 Å². The van der Waals surface area contributed by atoms with Gasteiger partial charge in [0.1, 0.15) is 0 Å². The third-order valence-corrected chi connectivity index (χ3v) is 2.73. The Morgan fingerprint density at radius 3 is 2.78 bits per heavy atom. The van der Waals surface area contributed by atoms with Gasteiger partial charge in [0.15, 0.2) is 0 Å². The first-order valence-electron chi connectivity index (χ1n) is 5.42. The fraction of sp³-hybridized carbons (Fsp3) is 0.154. The number of nitrogens with zero attached hydrogens (tertiary/aromatic N) is 2. The Balaban J connectivity index is 2.38. The molecular weight excluding hydrogens is 250 g/mol. The van der Waals surface area contributed by atoms with Crippen molar-refractivity contribution in [3.05, 3.63) is 46.9 Å². The van der Waals surface area contributed by atoms with E-state index in [0.717, 1.165) is 11.3 Å². The monoisotopic (exact) mass is 261 g/mol. The highest BCUT2D eigenvalue weighted by atomic mass is 35.5. The summed E-state index contributed by atoms with van der Waals surface area (Å²) in [5.41, 5.74) is 8.31. The van der Waals surface area contributed by atoms with E-state index in [4.69, 9.17) is 17.3 Å². The van der Waals surface area contributed by atoms with E-state index in [-0.39, 0.29) is 6.42 Å². The zero-order valence-corrected chi connectivity index (χ0v) is 10.6. The van der Waals surface area contributed by atoms with Gasteiger partial charge in [0, 0.05) is 23.7 Å². The number of carbonyl (C=O) groups is 1. The van der Waals surface area contributed by atoms with Crippen LogP contribution in [0.3, 0.4) is 0 Å². The van der Waals surface area contributed by atoms with E-state index in [1.54, 1.807) is 18.5 Å². The van der Waals surface area contributed by atoms with E-state index in [1.807, 2.05) is 19.1 Å². The smallest absolute Gasteiger partial charge is 0.221 e. The number of hydrogen-bond donors (Lipinski definition) is 1. The van der Waals surface area contributed by atoms with Gasteiger partial charge >= 0.3 is 0 Å². The van der Waals surface area contributed by atoms with E-state index in [1.165, 1.54) is 0 Å². The molecular formula is C13H12ClN3O. The maximum atomic E-state index is 10.8. The molecule has 4 nitrogen and oxygen atoms in total. The second kappa shape index (κ2) is 5.14. The van der Waals surface area contributed by atoms with Crippen LogP contribution in [0.25, 0.3) is 11.3 Å². The van der Waals surface area contributed by atoms with Crippen molar-refractivity contribution < 1.29 is 4.79 Å². The third-order valence-electron chi connectivity index (χ3n) is 2.45. The summed E-state index contributed by atoms with van der Waals surface area (Å²) >= 11 is 6.16. The van der Waals surface area contributed by atoms with Crippen LogP contribution in [-0.4, -0.2) is 15.9 Å². The second-order valence-corrected chi connectivity index (χ2v) is 4.41. The molecule has 2 heterocycles. The summed E-state index contributed by atoms with van der Waals surface area (Å²) in [6.07, 6.45) is 3.46. The molecule has 5 heteroatoms. The van der Waals surface area contributed by atoms with Gasteiger partial charge in [-0.3, -0.25) is 14.8 Å². The van der Waals surface area contributed by atoms with Gasteiger partial charge in [-0.05, 0) is 30.7 Å². The molecule has 2 aromatic rings. The molecule has 0 bridgehead atoms. The fourth-order valence-electron chi connectivity index (χ4n) is 1.68. The van der Waals surface area contributed by atoms with E-state index in [0.29, 0.717) is 16.3 Å². The van der Waals surface area contributed by atoms with Gasteiger partial charge in [0.05, 0.1) is 17.1 Å². The predicted molar refractivity (Wildman–Crippen MR) is 70.1 cm³/mol. The number of primary amides is 1. The van der Waals surface area contributed by atoms with Crippen molar-refractivity contribution in [3.8, 4) is 11.3 Å². The van der Waals surface area contributed by atoms with Crippen molar-refractivity contribution >= 4 is 17.5 Å². The van der Waals surface area contributed by atoms with Crippen LogP contribution in [0.5, 0.6) is 0 Å². The quantitative estimate of drug-likeness (QED) is 0.920. The molecule has 2 N–H and O–H groups in total. The lowest BCUT2D eigenvalue weighted by Gasteiger charge is -2.06. The number of rotatable bonds is 3. The van der Waals surface area contributed by atoms with Crippen LogP contribution in [0, 0.1) is 6.92 Å². The summed E-state index contributed by atoms with van der Waals surface area (Å²) in [6, 6.07) is 5.46. The molecule has 0 aliphatic carbocycles. The molecule has 0 spiro atoms. The molecule has 0 saturated carbocycles. The minimum Gasteiger partial charge on any atom is -0.369 e. The number of amides is 1. The fourth-order valence-corrected chi connectivity index (χ4v) is 1.98. The Morgan fingerprint density at radius 2 is 2.17 bits per heavy atom. The molecule has 1 amide bonds. The van der Waals surface area contributed by atoms with E-state index in [2.05, 4.69) is 9.97 Å². The van der Waals surface area contributed by atoms with Crippen LogP contribution in [0.1, 0.15) is 11.3 Å². The van der Waals surface area contributed by atoms with Gasteiger partial charge < -0.3 is 5.73 Å². The van der Waals surface area contributed by atoms with Crippen LogP contribution in [0.15, 0.2) is 30.6 Å². The van der Waals surface area contributed by atoms with Crippen molar-refractivity contribution in [1.82, 2.24) is 9.97 Å². The lowest BCUT2D eigenvalue weighted by Crippen LogP contribution is -2.13. The molecule has 0 unspecified atom stereocenters. The van der Waals surface area contributed by atoms with Gasteiger partial charge in [-0.2, -0.15) is 0 Å². The number of nitrogens with two attached hydrogens (primary N) is 1. The molecule has 0 radical (unpaired) electrons. The van der Waals surface area contributed by atoms with Crippen molar-refractivity contribution in [1.29, 1.82) is 0 Å². The molecule has 0 saturated heterocycles. The topological polar surface area (TPSA) is 68.9 Å². The Kier molecular flexibility index (Phi) is 3.58. The third kappa shape index (κ3) is 2.84. The Morgan fingerprint density at radius 1 is 1.39 bits per heavy atom. The Hall–Kier alpha value is -1.94. The van der Waals surface area contributed by atoms with Crippen LogP contribution >= 0.6 is 11.6 Å². The zero-order valence-electron chi connectivity index (χ0n) is 9.85. The SMILES string of the molecule is Cc1cc(-c2ncc(CC(N)=O)cc2Cl)ccn1. The summed E-state index contributed by atoms with van der Waals surface area (Å²) in [6.45, 7) is 1.90. The number of carbonyl (C=O) groups excluding carboxylic acids is 1. The molecule has 92 valence electrons. The maximum Gasteiger partial charge on any atom is 0.221 e. The molecule has 0 aliphatic heterocycles.